The van der Waals surface area contributed by atoms with Crippen LogP contribution >= 0.6 is 11.3 Å². The average Bonchev–Trinajstić information content (AvgIpc) is 2.68. The van der Waals surface area contributed by atoms with E-state index in [4.69, 9.17) is 5.11 Å². The molecule has 0 radical (unpaired) electrons. The lowest BCUT2D eigenvalue weighted by atomic mass is 10.1. The third kappa shape index (κ3) is 6.71. The van der Waals surface area contributed by atoms with E-state index < -0.39 is 15.7 Å². The third-order valence-electron chi connectivity index (χ3n) is 1.83. The van der Waals surface area contributed by atoms with Crippen molar-refractivity contribution >= 4 is 21.5 Å². The van der Waals surface area contributed by atoms with Gasteiger partial charge in [0.25, 0.3) is 10.2 Å². The Bertz CT molecular complexity index is 574. The smallest absolute Gasteiger partial charge is 0.277 e. The Hall–Kier alpha value is -0.910. The van der Waals surface area contributed by atoms with Gasteiger partial charge in [-0.15, -0.1) is 11.3 Å². The summed E-state index contributed by atoms with van der Waals surface area (Å²) in [6, 6.07) is 3.61. The number of aliphatic hydroxyl groups excluding tert-OH is 1. The fourth-order valence-electron chi connectivity index (χ4n) is 1.27. The van der Waals surface area contributed by atoms with Crippen LogP contribution in [0.15, 0.2) is 12.1 Å². The van der Waals surface area contributed by atoms with Gasteiger partial charge < -0.3 is 5.11 Å². The molecule has 1 aromatic heterocycles. The summed E-state index contributed by atoms with van der Waals surface area (Å²) < 4.78 is 28.4. The van der Waals surface area contributed by atoms with Crippen molar-refractivity contribution in [3.05, 3.63) is 21.9 Å². The van der Waals surface area contributed by atoms with Crippen LogP contribution in [0.2, 0.25) is 0 Å². The molecule has 1 rings (SSSR count). The molecule has 0 bridgehead atoms. The second-order valence-electron chi connectivity index (χ2n) is 4.90. The van der Waals surface area contributed by atoms with E-state index >= 15 is 0 Å². The van der Waals surface area contributed by atoms with Gasteiger partial charge in [0.15, 0.2) is 0 Å². The van der Waals surface area contributed by atoms with Gasteiger partial charge in [-0.25, -0.2) is 0 Å². The van der Waals surface area contributed by atoms with Gasteiger partial charge >= 0.3 is 0 Å². The SMILES string of the molecule is CC(C)(C)NS(=O)(=O)NCc1ccc(C#CCO)s1. The van der Waals surface area contributed by atoms with E-state index in [1.54, 1.807) is 26.8 Å². The number of aliphatic hydroxyl groups is 1. The van der Waals surface area contributed by atoms with E-state index in [-0.39, 0.29) is 13.2 Å². The number of rotatable bonds is 4. The van der Waals surface area contributed by atoms with Crippen LogP contribution in [-0.2, 0) is 16.8 Å². The zero-order valence-corrected chi connectivity index (χ0v) is 12.8. The highest BCUT2D eigenvalue weighted by Gasteiger charge is 2.19. The molecule has 0 saturated carbocycles. The zero-order chi connectivity index (χ0) is 14.5. The lowest BCUT2D eigenvalue weighted by Gasteiger charge is -2.20. The normalized spacial score (nSPS) is 12.0. The molecule has 0 saturated heterocycles. The van der Waals surface area contributed by atoms with Gasteiger partial charge in [-0.05, 0) is 32.9 Å². The van der Waals surface area contributed by atoms with Crippen molar-refractivity contribution < 1.29 is 13.5 Å². The topological polar surface area (TPSA) is 78.4 Å². The first-order valence-corrected chi connectivity index (χ1v) is 7.99. The van der Waals surface area contributed by atoms with Crippen molar-refractivity contribution in [2.45, 2.75) is 32.9 Å². The molecule has 0 unspecified atom stereocenters. The molecule has 1 heterocycles. The fourth-order valence-corrected chi connectivity index (χ4v) is 3.41. The molecule has 5 nitrogen and oxygen atoms in total. The molecular weight excluding hydrogens is 284 g/mol. The van der Waals surface area contributed by atoms with Crippen LogP contribution in [0.5, 0.6) is 0 Å². The Balaban J connectivity index is 2.60. The molecule has 3 N–H and O–H groups in total. The first kappa shape index (κ1) is 16.1. The summed E-state index contributed by atoms with van der Waals surface area (Å²) in [5.74, 6) is 5.32. The summed E-state index contributed by atoms with van der Waals surface area (Å²) >= 11 is 1.39. The minimum Gasteiger partial charge on any atom is -0.384 e. The van der Waals surface area contributed by atoms with Gasteiger partial charge in [0.1, 0.15) is 6.61 Å². The maximum Gasteiger partial charge on any atom is 0.277 e. The van der Waals surface area contributed by atoms with E-state index in [2.05, 4.69) is 21.3 Å². The number of nitrogens with one attached hydrogen (secondary N) is 2. The van der Waals surface area contributed by atoms with Crippen LogP contribution < -0.4 is 9.44 Å². The summed E-state index contributed by atoms with van der Waals surface area (Å²) in [5.41, 5.74) is -0.515. The van der Waals surface area contributed by atoms with Crippen LogP contribution in [0.3, 0.4) is 0 Å². The van der Waals surface area contributed by atoms with Crippen LogP contribution in [0.25, 0.3) is 0 Å². The van der Waals surface area contributed by atoms with E-state index in [1.807, 2.05) is 6.07 Å². The fraction of sp³-hybridized carbons (Fsp3) is 0.500. The maximum absolute atomic E-state index is 11.7. The quantitative estimate of drug-likeness (QED) is 0.720. The predicted octanol–water partition coefficient (Wildman–Crippen LogP) is 0.814. The lowest BCUT2D eigenvalue weighted by molar-refractivity contribution is 0.350. The molecule has 19 heavy (non-hydrogen) atoms. The van der Waals surface area contributed by atoms with Gasteiger partial charge in [0.2, 0.25) is 0 Å². The molecule has 0 atom stereocenters. The van der Waals surface area contributed by atoms with Gasteiger partial charge in [-0.3, -0.25) is 0 Å². The standard InChI is InChI=1S/C12H18N2O3S2/c1-12(2,3)14-19(16,17)13-9-11-7-6-10(18-11)5-4-8-15/h6-7,13-15H,8-9H2,1-3H3. The van der Waals surface area contributed by atoms with Crippen LogP contribution in [0.4, 0.5) is 0 Å². The van der Waals surface area contributed by atoms with E-state index in [0.717, 1.165) is 9.75 Å². The highest BCUT2D eigenvalue weighted by molar-refractivity contribution is 7.87. The summed E-state index contributed by atoms with van der Waals surface area (Å²) in [6.07, 6.45) is 0. The van der Waals surface area contributed by atoms with Crippen LogP contribution in [0, 0.1) is 11.8 Å². The minimum atomic E-state index is -3.51. The van der Waals surface area contributed by atoms with E-state index in [0.29, 0.717) is 0 Å². The highest BCUT2D eigenvalue weighted by Crippen LogP contribution is 2.15. The second kappa shape index (κ2) is 6.50. The maximum atomic E-state index is 11.7. The van der Waals surface area contributed by atoms with Gasteiger partial charge in [0.05, 0.1) is 4.88 Å². The van der Waals surface area contributed by atoms with Gasteiger partial charge in [-0.2, -0.15) is 17.9 Å². The Morgan fingerprint density at radius 3 is 2.63 bits per heavy atom. The number of hydrogen-bond donors (Lipinski definition) is 3. The molecule has 1 aromatic rings. The van der Waals surface area contributed by atoms with Gasteiger partial charge in [-0.1, -0.05) is 11.8 Å². The Labute approximate surface area is 118 Å². The van der Waals surface area contributed by atoms with Crippen molar-refractivity contribution in [2.75, 3.05) is 6.61 Å². The van der Waals surface area contributed by atoms with E-state index in [9.17, 15) is 8.42 Å². The number of thiophene rings is 1. The molecule has 0 spiro atoms. The molecule has 0 fully saturated rings. The van der Waals surface area contributed by atoms with Crippen LogP contribution in [-0.4, -0.2) is 25.7 Å². The monoisotopic (exact) mass is 302 g/mol. The second-order valence-corrected chi connectivity index (χ2v) is 7.57. The largest absolute Gasteiger partial charge is 0.384 e. The predicted molar refractivity (Wildman–Crippen MR) is 76.9 cm³/mol. The highest BCUT2D eigenvalue weighted by atomic mass is 32.2. The molecule has 0 amide bonds. The van der Waals surface area contributed by atoms with Crippen molar-refractivity contribution in [2.24, 2.45) is 0 Å². The van der Waals surface area contributed by atoms with Crippen molar-refractivity contribution in [3.63, 3.8) is 0 Å². The zero-order valence-electron chi connectivity index (χ0n) is 11.1. The first-order chi connectivity index (χ1) is 8.72. The molecule has 0 aromatic carbocycles. The lowest BCUT2D eigenvalue weighted by Crippen LogP contribution is -2.46. The number of hydrogen-bond acceptors (Lipinski definition) is 4. The van der Waals surface area contributed by atoms with Crippen molar-refractivity contribution in [1.29, 1.82) is 0 Å². The van der Waals surface area contributed by atoms with Crippen LogP contribution in [0.1, 0.15) is 30.5 Å². The summed E-state index contributed by atoms with van der Waals surface area (Å²) in [5, 5.41) is 8.58. The third-order valence-corrected chi connectivity index (χ3v) is 4.24. The summed E-state index contributed by atoms with van der Waals surface area (Å²) in [7, 11) is -3.51. The average molecular weight is 302 g/mol. The molecule has 106 valence electrons. The Morgan fingerprint density at radius 2 is 2.05 bits per heavy atom. The first-order valence-electron chi connectivity index (χ1n) is 5.69. The molecular formula is C12H18N2O3S2. The molecule has 0 aliphatic rings. The summed E-state index contributed by atoms with van der Waals surface area (Å²) in [6.45, 7) is 5.37. The Morgan fingerprint density at radius 1 is 1.37 bits per heavy atom. The van der Waals surface area contributed by atoms with Crippen molar-refractivity contribution in [3.8, 4) is 11.8 Å². The van der Waals surface area contributed by atoms with Crippen molar-refractivity contribution in [1.82, 2.24) is 9.44 Å². The molecule has 0 aliphatic heterocycles. The van der Waals surface area contributed by atoms with E-state index in [1.165, 1.54) is 11.3 Å². The summed E-state index contributed by atoms with van der Waals surface area (Å²) in [4.78, 5) is 1.66. The molecule has 7 heteroatoms. The van der Waals surface area contributed by atoms with Gasteiger partial charge in [0, 0.05) is 17.0 Å². The minimum absolute atomic E-state index is 0.185. The Kier molecular flexibility index (Phi) is 5.52. The molecule has 0 aliphatic carbocycles.